The summed E-state index contributed by atoms with van der Waals surface area (Å²) < 4.78 is 5.33. The first-order valence-electron chi connectivity index (χ1n) is 8.70. The van der Waals surface area contributed by atoms with Gasteiger partial charge in [0.25, 0.3) is 5.91 Å². The van der Waals surface area contributed by atoms with Crippen molar-refractivity contribution in [3.05, 3.63) is 51.7 Å². The topological polar surface area (TPSA) is 88.7 Å². The smallest absolute Gasteiger partial charge is 0.255 e. The van der Waals surface area contributed by atoms with Crippen molar-refractivity contribution in [2.75, 3.05) is 13.2 Å². The van der Waals surface area contributed by atoms with Gasteiger partial charge in [-0.3, -0.25) is 4.79 Å². The highest BCUT2D eigenvalue weighted by Crippen LogP contribution is 2.16. The molecule has 0 atom stereocenters. The van der Waals surface area contributed by atoms with E-state index in [1.807, 2.05) is 36.5 Å². The van der Waals surface area contributed by atoms with E-state index in [4.69, 9.17) is 10.5 Å². The number of guanidine groups is 1. The first-order chi connectivity index (χ1) is 12.6. The van der Waals surface area contributed by atoms with Crippen molar-refractivity contribution in [3.63, 3.8) is 0 Å². The number of hydrogen-bond donors (Lipinski definition) is 3. The lowest BCUT2D eigenvalue weighted by molar-refractivity contribution is -0.119. The lowest BCUT2D eigenvalue weighted by Crippen LogP contribution is -2.36. The Hall–Kier alpha value is -2.54. The van der Waals surface area contributed by atoms with E-state index in [2.05, 4.69) is 34.7 Å². The fourth-order valence-electron chi connectivity index (χ4n) is 2.28. The highest BCUT2D eigenvalue weighted by Gasteiger charge is 2.03. The minimum absolute atomic E-state index is 0.128. The van der Waals surface area contributed by atoms with Gasteiger partial charge in [-0.25, -0.2) is 4.99 Å². The molecule has 0 aliphatic heterocycles. The summed E-state index contributed by atoms with van der Waals surface area (Å²) in [5.41, 5.74) is 6.09. The number of amides is 1. The summed E-state index contributed by atoms with van der Waals surface area (Å²) in [6, 6.07) is 11.8. The van der Waals surface area contributed by atoms with Crippen molar-refractivity contribution < 1.29 is 9.53 Å². The van der Waals surface area contributed by atoms with E-state index in [0.29, 0.717) is 12.3 Å². The fraction of sp³-hybridized carbons (Fsp3) is 0.368. The number of rotatable bonds is 9. The molecule has 0 bridgehead atoms. The first-order valence-corrected chi connectivity index (χ1v) is 9.52. The standard InChI is InChI=1S/C19H26N4O2S/c1-3-16-8-9-17(26-16)12-23-19(21-4-2)22-11-14-6-5-7-15(10-14)25-13-18(20)24/h5-10H,3-4,11-13H2,1-2H3,(H2,20,24)(H2,21,22,23). The zero-order valence-corrected chi connectivity index (χ0v) is 16.1. The molecule has 0 spiro atoms. The molecule has 0 fully saturated rings. The summed E-state index contributed by atoms with van der Waals surface area (Å²) in [6.45, 7) is 6.12. The SMILES string of the molecule is CCNC(=NCc1cccc(OCC(N)=O)c1)NCc1ccc(CC)s1. The van der Waals surface area contributed by atoms with Gasteiger partial charge in [0.1, 0.15) is 5.75 Å². The van der Waals surface area contributed by atoms with E-state index in [9.17, 15) is 4.79 Å². The number of ether oxygens (including phenoxy) is 1. The molecule has 0 aliphatic rings. The van der Waals surface area contributed by atoms with Gasteiger partial charge in [0, 0.05) is 16.3 Å². The van der Waals surface area contributed by atoms with Crippen LogP contribution in [0.4, 0.5) is 0 Å². The number of hydrogen-bond acceptors (Lipinski definition) is 4. The summed E-state index contributed by atoms with van der Waals surface area (Å²) in [6.07, 6.45) is 1.06. The van der Waals surface area contributed by atoms with E-state index in [-0.39, 0.29) is 6.61 Å². The Bertz CT molecular complexity index is 743. The third kappa shape index (κ3) is 6.76. The van der Waals surface area contributed by atoms with Crippen molar-refractivity contribution in [1.29, 1.82) is 0 Å². The monoisotopic (exact) mass is 374 g/mol. The molecule has 140 valence electrons. The Balaban J connectivity index is 1.95. The third-order valence-electron chi connectivity index (χ3n) is 3.54. The normalized spacial score (nSPS) is 11.2. The van der Waals surface area contributed by atoms with E-state index in [1.54, 1.807) is 6.07 Å². The van der Waals surface area contributed by atoms with Crippen LogP contribution in [0, 0.1) is 0 Å². The Morgan fingerprint density at radius 2 is 2.00 bits per heavy atom. The number of primary amides is 1. The molecular weight excluding hydrogens is 348 g/mol. The van der Waals surface area contributed by atoms with Crippen molar-refractivity contribution in [1.82, 2.24) is 10.6 Å². The molecule has 0 unspecified atom stereocenters. The average Bonchev–Trinajstić information content (AvgIpc) is 3.11. The molecular formula is C19H26N4O2S. The molecule has 26 heavy (non-hydrogen) atoms. The molecule has 1 aromatic heterocycles. The Morgan fingerprint density at radius 3 is 2.69 bits per heavy atom. The van der Waals surface area contributed by atoms with E-state index >= 15 is 0 Å². The molecule has 6 nitrogen and oxygen atoms in total. The summed E-state index contributed by atoms with van der Waals surface area (Å²) in [7, 11) is 0. The van der Waals surface area contributed by atoms with Gasteiger partial charge in [0.2, 0.25) is 0 Å². The van der Waals surface area contributed by atoms with Crippen molar-refractivity contribution in [2.45, 2.75) is 33.4 Å². The van der Waals surface area contributed by atoms with Gasteiger partial charge in [-0.05, 0) is 43.2 Å². The van der Waals surface area contributed by atoms with Crippen LogP contribution >= 0.6 is 11.3 Å². The maximum Gasteiger partial charge on any atom is 0.255 e. The highest BCUT2D eigenvalue weighted by molar-refractivity contribution is 7.11. The van der Waals surface area contributed by atoms with Gasteiger partial charge < -0.3 is 21.1 Å². The zero-order valence-electron chi connectivity index (χ0n) is 15.2. The average molecular weight is 375 g/mol. The number of carbonyl (C=O) groups excluding carboxylic acids is 1. The minimum Gasteiger partial charge on any atom is -0.484 e. The molecule has 2 aromatic rings. The van der Waals surface area contributed by atoms with E-state index in [0.717, 1.165) is 31.0 Å². The van der Waals surface area contributed by atoms with E-state index < -0.39 is 5.91 Å². The van der Waals surface area contributed by atoms with Crippen LogP contribution in [0.2, 0.25) is 0 Å². The Labute approximate surface area is 158 Å². The van der Waals surface area contributed by atoms with Crippen LogP contribution in [0.25, 0.3) is 0 Å². The number of nitrogens with two attached hydrogens (primary N) is 1. The fourth-order valence-corrected chi connectivity index (χ4v) is 3.18. The molecule has 0 aliphatic carbocycles. The predicted molar refractivity (Wildman–Crippen MR) is 106 cm³/mol. The predicted octanol–water partition coefficient (Wildman–Crippen LogP) is 2.43. The van der Waals surface area contributed by atoms with Gasteiger partial charge >= 0.3 is 0 Å². The maximum absolute atomic E-state index is 10.8. The number of carbonyl (C=O) groups is 1. The number of nitrogens with zero attached hydrogens (tertiary/aromatic N) is 1. The second kappa shape index (κ2) is 10.5. The molecule has 1 aromatic carbocycles. The number of thiophene rings is 1. The summed E-state index contributed by atoms with van der Waals surface area (Å²) >= 11 is 1.82. The molecule has 0 saturated heterocycles. The van der Waals surface area contributed by atoms with Crippen LogP contribution in [0.1, 0.15) is 29.2 Å². The summed E-state index contributed by atoms with van der Waals surface area (Å²) in [5.74, 6) is 0.884. The van der Waals surface area contributed by atoms with Gasteiger partial charge in [-0.2, -0.15) is 0 Å². The molecule has 4 N–H and O–H groups in total. The zero-order chi connectivity index (χ0) is 18.8. The van der Waals surface area contributed by atoms with Crippen LogP contribution in [0.3, 0.4) is 0 Å². The molecule has 1 heterocycles. The van der Waals surface area contributed by atoms with Crippen molar-refractivity contribution in [3.8, 4) is 5.75 Å². The quantitative estimate of drug-likeness (QED) is 0.465. The largest absolute Gasteiger partial charge is 0.484 e. The van der Waals surface area contributed by atoms with Gasteiger partial charge in [0.15, 0.2) is 12.6 Å². The third-order valence-corrected chi connectivity index (χ3v) is 4.77. The molecule has 2 rings (SSSR count). The molecule has 0 radical (unpaired) electrons. The minimum atomic E-state index is -0.494. The van der Waals surface area contributed by atoms with Gasteiger partial charge in [-0.15, -0.1) is 11.3 Å². The van der Waals surface area contributed by atoms with Crippen molar-refractivity contribution in [2.24, 2.45) is 10.7 Å². The number of benzene rings is 1. The molecule has 7 heteroatoms. The molecule has 0 saturated carbocycles. The number of nitrogens with one attached hydrogen (secondary N) is 2. The van der Waals surface area contributed by atoms with Crippen LogP contribution in [0.15, 0.2) is 41.4 Å². The van der Waals surface area contributed by atoms with Crippen molar-refractivity contribution >= 4 is 23.2 Å². The van der Waals surface area contributed by atoms with Crippen LogP contribution in [-0.2, 0) is 24.3 Å². The second-order valence-corrected chi connectivity index (χ2v) is 6.93. The van der Waals surface area contributed by atoms with Gasteiger partial charge in [-0.1, -0.05) is 19.1 Å². The highest BCUT2D eigenvalue weighted by atomic mass is 32.1. The van der Waals surface area contributed by atoms with Gasteiger partial charge in [0.05, 0.1) is 13.1 Å². The number of aryl methyl sites for hydroxylation is 1. The van der Waals surface area contributed by atoms with Crippen LogP contribution < -0.4 is 21.1 Å². The van der Waals surface area contributed by atoms with E-state index in [1.165, 1.54) is 9.75 Å². The second-order valence-electron chi connectivity index (χ2n) is 5.67. The first kappa shape index (κ1) is 19.8. The molecule has 1 amide bonds. The summed E-state index contributed by atoms with van der Waals surface area (Å²) in [4.78, 5) is 18.1. The Morgan fingerprint density at radius 1 is 1.19 bits per heavy atom. The lowest BCUT2D eigenvalue weighted by Gasteiger charge is -2.11. The Kier molecular flexibility index (Phi) is 7.95. The number of aliphatic imine (C=N–C) groups is 1. The summed E-state index contributed by atoms with van der Waals surface area (Å²) in [5, 5.41) is 6.61. The lowest BCUT2D eigenvalue weighted by atomic mass is 10.2. The van der Waals surface area contributed by atoms with Crippen LogP contribution in [-0.4, -0.2) is 25.0 Å². The van der Waals surface area contributed by atoms with Crippen LogP contribution in [0.5, 0.6) is 5.75 Å². The maximum atomic E-state index is 10.8.